The minimum absolute atomic E-state index is 0.0156. The van der Waals surface area contributed by atoms with Gasteiger partial charge in [0.15, 0.2) is 5.17 Å². The van der Waals surface area contributed by atoms with Crippen molar-refractivity contribution in [3.63, 3.8) is 0 Å². The van der Waals surface area contributed by atoms with Gasteiger partial charge >= 0.3 is 0 Å². The Morgan fingerprint density at radius 3 is 2.58 bits per heavy atom. The third-order valence-electron chi connectivity index (χ3n) is 5.17. The van der Waals surface area contributed by atoms with Crippen LogP contribution in [0.4, 0.5) is 0 Å². The summed E-state index contributed by atoms with van der Waals surface area (Å²) in [7, 11) is 0. The van der Waals surface area contributed by atoms with E-state index < -0.39 is 4.75 Å². The first-order chi connectivity index (χ1) is 8.90. The molecule has 2 saturated carbocycles. The van der Waals surface area contributed by atoms with Crippen molar-refractivity contribution in [3.05, 3.63) is 0 Å². The van der Waals surface area contributed by atoms with E-state index in [2.05, 4.69) is 24.2 Å². The number of amidine groups is 1. The molecule has 0 aromatic rings. The molecular weight excluding hydrogens is 260 g/mol. The molecule has 2 bridgehead atoms. The minimum atomic E-state index is -0.417. The number of carbonyl (C=O) groups is 1. The predicted molar refractivity (Wildman–Crippen MR) is 77.0 cm³/mol. The van der Waals surface area contributed by atoms with E-state index in [0.717, 1.165) is 24.4 Å². The van der Waals surface area contributed by atoms with Gasteiger partial charge in [0.1, 0.15) is 4.75 Å². The molecule has 0 radical (unpaired) electrons. The van der Waals surface area contributed by atoms with E-state index in [1.54, 1.807) is 11.8 Å². The van der Waals surface area contributed by atoms with Gasteiger partial charge in [0.2, 0.25) is 0 Å². The Kier molecular flexibility index (Phi) is 3.17. The standard InChI is InChI=1S/C14H22N2O2S/c1-7(2)14(3)12(18)16-13(19-14)15-10-5-9-4-8(10)6-11(9)17/h7-11,17H,4-6H2,1-3H3,(H,15,16,18)/t8-,9-,10+,11?,14?/m1/s1. The minimum Gasteiger partial charge on any atom is -0.393 e. The number of rotatable bonds is 2. The SMILES string of the molecule is CC(C)C1(C)SC(N[C@H]2C[C@H]3C[C@@H]2CC3O)=NC1=O. The van der Waals surface area contributed by atoms with Crippen molar-refractivity contribution in [2.45, 2.75) is 56.9 Å². The highest BCUT2D eigenvalue weighted by Crippen LogP contribution is 2.46. The van der Waals surface area contributed by atoms with Gasteiger partial charge < -0.3 is 10.4 Å². The second-order valence-corrected chi connectivity index (χ2v) is 8.07. The molecule has 3 rings (SSSR count). The van der Waals surface area contributed by atoms with Crippen LogP contribution in [0.25, 0.3) is 0 Å². The van der Waals surface area contributed by atoms with Gasteiger partial charge in [0.05, 0.1) is 6.10 Å². The maximum Gasteiger partial charge on any atom is 0.264 e. The zero-order valence-corrected chi connectivity index (χ0v) is 12.5. The van der Waals surface area contributed by atoms with Crippen LogP contribution < -0.4 is 5.32 Å². The summed E-state index contributed by atoms with van der Waals surface area (Å²) in [6.45, 7) is 6.11. The van der Waals surface area contributed by atoms with E-state index in [0.29, 0.717) is 17.9 Å². The van der Waals surface area contributed by atoms with Crippen molar-refractivity contribution in [2.24, 2.45) is 22.7 Å². The third-order valence-corrected chi connectivity index (χ3v) is 6.64. The fourth-order valence-corrected chi connectivity index (χ4v) is 4.59. The lowest BCUT2D eigenvalue weighted by molar-refractivity contribution is -0.120. The lowest BCUT2D eigenvalue weighted by Crippen LogP contribution is -2.40. The molecule has 2 aliphatic carbocycles. The molecule has 4 nitrogen and oxygen atoms in total. The van der Waals surface area contributed by atoms with E-state index in [-0.39, 0.29) is 17.9 Å². The van der Waals surface area contributed by atoms with Crippen molar-refractivity contribution in [1.29, 1.82) is 0 Å². The number of aliphatic hydroxyl groups is 1. The zero-order chi connectivity index (χ0) is 13.8. The summed E-state index contributed by atoms with van der Waals surface area (Å²) in [6.07, 6.45) is 2.92. The first-order valence-corrected chi connectivity index (χ1v) is 7.98. The third kappa shape index (κ3) is 2.11. The van der Waals surface area contributed by atoms with Crippen molar-refractivity contribution in [3.8, 4) is 0 Å². The molecule has 2 N–H and O–H groups in total. The Balaban J connectivity index is 1.64. The van der Waals surface area contributed by atoms with Gasteiger partial charge in [-0.25, -0.2) is 0 Å². The molecule has 19 heavy (non-hydrogen) atoms. The first-order valence-electron chi connectivity index (χ1n) is 7.17. The summed E-state index contributed by atoms with van der Waals surface area (Å²) < 4.78 is -0.417. The van der Waals surface area contributed by atoms with E-state index in [9.17, 15) is 9.90 Å². The fourth-order valence-electron chi connectivity index (χ4n) is 3.48. The molecule has 0 spiro atoms. The molecule has 1 aliphatic heterocycles. The average molecular weight is 282 g/mol. The largest absolute Gasteiger partial charge is 0.393 e. The van der Waals surface area contributed by atoms with Crippen LogP contribution in [0.1, 0.15) is 40.0 Å². The topological polar surface area (TPSA) is 61.7 Å². The number of carbonyl (C=O) groups excluding carboxylic acids is 1. The van der Waals surface area contributed by atoms with E-state index >= 15 is 0 Å². The molecular formula is C14H22N2O2S. The number of nitrogens with zero attached hydrogens (tertiary/aromatic N) is 1. The fraction of sp³-hybridized carbons (Fsp3) is 0.857. The van der Waals surface area contributed by atoms with Gasteiger partial charge in [0, 0.05) is 6.04 Å². The van der Waals surface area contributed by atoms with Crippen LogP contribution in [0.3, 0.4) is 0 Å². The lowest BCUT2D eigenvalue weighted by Gasteiger charge is -2.28. The summed E-state index contributed by atoms with van der Waals surface area (Å²) in [4.78, 5) is 16.2. The smallest absolute Gasteiger partial charge is 0.264 e. The Morgan fingerprint density at radius 1 is 1.37 bits per heavy atom. The van der Waals surface area contributed by atoms with Gasteiger partial charge in [-0.05, 0) is 43.9 Å². The second kappa shape index (κ2) is 4.48. The number of aliphatic hydroxyl groups excluding tert-OH is 1. The number of aliphatic imine (C=N–C) groups is 1. The Morgan fingerprint density at radius 2 is 2.11 bits per heavy atom. The van der Waals surface area contributed by atoms with Crippen LogP contribution in [0.5, 0.6) is 0 Å². The number of hydrogen-bond acceptors (Lipinski definition) is 4. The maximum atomic E-state index is 12.0. The molecule has 0 aromatic heterocycles. The molecule has 5 heteroatoms. The molecule has 5 atom stereocenters. The average Bonchev–Trinajstić information content (AvgIpc) is 2.94. The number of hydrogen-bond donors (Lipinski definition) is 2. The van der Waals surface area contributed by atoms with Gasteiger partial charge in [-0.2, -0.15) is 4.99 Å². The Labute approximate surface area is 118 Å². The molecule has 2 unspecified atom stereocenters. The highest BCUT2D eigenvalue weighted by Gasteiger charge is 2.48. The molecule has 2 fully saturated rings. The van der Waals surface area contributed by atoms with Crippen LogP contribution in [0, 0.1) is 17.8 Å². The number of nitrogens with one attached hydrogen (secondary N) is 1. The van der Waals surface area contributed by atoms with Gasteiger partial charge in [0.25, 0.3) is 5.91 Å². The predicted octanol–water partition coefficient (Wildman–Crippen LogP) is 1.78. The van der Waals surface area contributed by atoms with Crippen molar-refractivity contribution >= 4 is 22.8 Å². The van der Waals surface area contributed by atoms with Crippen LogP contribution in [-0.4, -0.2) is 33.1 Å². The van der Waals surface area contributed by atoms with E-state index in [1.807, 2.05) is 6.92 Å². The summed E-state index contributed by atoms with van der Waals surface area (Å²) >= 11 is 1.57. The number of fused-ring (bicyclic) bond motifs is 2. The summed E-state index contributed by atoms with van der Waals surface area (Å²) in [5.41, 5.74) is 0. The highest BCUT2D eigenvalue weighted by atomic mass is 32.2. The quantitative estimate of drug-likeness (QED) is 0.810. The molecule has 106 valence electrons. The maximum absolute atomic E-state index is 12.0. The summed E-state index contributed by atoms with van der Waals surface area (Å²) in [5.74, 6) is 1.25. The molecule has 0 aromatic carbocycles. The second-order valence-electron chi connectivity index (χ2n) is 6.63. The van der Waals surface area contributed by atoms with Crippen LogP contribution >= 0.6 is 11.8 Å². The van der Waals surface area contributed by atoms with Crippen LogP contribution in [-0.2, 0) is 4.79 Å². The Bertz CT molecular complexity index is 435. The number of amides is 1. The van der Waals surface area contributed by atoms with Gasteiger partial charge in [-0.15, -0.1) is 0 Å². The number of thioether (sulfide) groups is 1. The molecule has 0 saturated heterocycles. The Hall–Kier alpha value is -0.550. The lowest BCUT2D eigenvalue weighted by atomic mass is 9.93. The van der Waals surface area contributed by atoms with E-state index in [1.165, 1.54) is 0 Å². The monoisotopic (exact) mass is 282 g/mol. The van der Waals surface area contributed by atoms with Crippen molar-refractivity contribution in [1.82, 2.24) is 5.32 Å². The van der Waals surface area contributed by atoms with E-state index in [4.69, 9.17) is 0 Å². The molecule has 1 amide bonds. The van der Waals surface area contributed by atoms with Crippen molar-refractivity contribution < 1.29 is 9.90 Å². The molecule has 3 aliphatic rings. The first kappa shape index (κ1) is 13.4. The van der Waals surface area contributed by atoms with Crippen molar-refractivity contribution in [2.75, 3.05) is 0 Å². The van der Waals surface area contributed by atoms with Crippen LogP contribution in [0.2, 0.25) is 0 Å². The normalized spacial score (nSPS) is 45.1. The van der Waals surface area contributed by atoms with Crippen LogP contribution in [0.15, 0.2) is 4.99 Å². The van der Waals surface area contributed by atoms with Gasteiger partial charge in [-0.1, -0.05) is 25.6 Å². The highest BCUT2D eigenvalue weighted by molar-refractivity contribution is 8.16. The zero-order valence-electron chi connectivity index (χ0n) is 11.7. The molecule has 1 heterocycles. The van der Waals surface area contributed by atoms with Gasteiger partial charge in [-0.3, -0.25) is 4.79 Å². The summed E-state index contributed by atoms with van der Waals surface area (Å²) in [6, 6.07) is 0.391. The summed E-state index contributed by atoms with van der Waals surface area (Å²) in [5, 5.41) is 14.0.